The molecule has 3 rings (SSSR count). The van der Waals surface area contributed by atoms with Gasteiger partial charge in [-0.25, -0.2) is 12.8 Å². The fourth-order valence-electron chi connectivity index (χ4n) is 2.65. The molecule has 30 heavy (non-hydrogen) atoms. The summed E-state index contributed by atoms with van der Waals surface area (Å²) in [5.41, 5.74) is 0.729. The van der Waals surface area contributed by atoms with Gasteiger partial charge in [-0.1, -0.05) is 15.9 Å². The number of rotatable bonds is 6. The van der Waals surface area contributed by atoms with Crippen LogP contribution in [-0.2, 0) is 10.0 Å². The average Bonchev–Trinajstić information content (AvgIpc) is 2.75. The lowest BCUT2D eigenvalue weighted by Gasteiger charge is -2.20. The van der Waals surface area contributed by atoms with Gasteiger partial charge in [0.1, 0.15) is 5.82 Å². The van der Waals surface area contributed by atoms with Crippen LogP contribution in [0.2, 0.25) is 0 Å². The van der Waals surface area contributed by atoms with E-state index in [9.17, 15) is 17.6 Å². The number of hydrogen-bond donors (Lipinski definition) is 1. The molecule has 0 fully saturated rings. The molecule has 0 heterocycles. The number of nitrogens with one attached hydrogen (secondary N) is 1. The standard InChI is InChI=1S/C21H18BrFN2O3S2/c1-25(30(27,28)18-10-8-17(29-2)9-11-18)16-6-3-14(4-7-16)21(26)24-20-12-5-15(22)13-19(20)23/h3-13H,1-2H3,(H,24,26). The Morgan fingerprint density at radius 3 is 2.23 bits per heavy atom. The Morgan fingerprint density at radius 1 is 1.03 bits per heavy atom. The van der Waals surface area contributed by atoms with Gasteiger partial charge in [-0.05, 0) is 73.0 Å². The van der Waals surface area contributed by atoms with Gasteiger partial charge in [0.25, 0.3) is 15.9 Å². The highest BCUT2D eigenvalue weighted by atomic mass is 79.9. The van der Waals surface area contributed by atoms with E-state index < -0.39 is 21.7 Å². The molecular formula is C21H18BrFN2O3S2. The van der Waals surface area contributed by atoms with E-state index in [0.29, 0.717) is 10.2 Å². The Hall–Kier alpha value is -2.36. The van der Waals surface area contributed by atoms with E-state index in [2.05, 4.69) is 21.2 Å². The molecule has 0 spiro atoms. The van der Waals surface area contributed by atoms with E-state index in [1.54, 1.807) is 30.3 Å². The molecule has 0 aliphatic heterocycles. The molecule has 5 nitrogen and oxygen atoms in total. The first kappa shape index (κ1) is 22.3. The molecule has 0 aromatic heterocycles. The second-order valence-electron chi connectivity index (χ2n) is 6.27. The second-order valence-corrected chi connectivity index (χ2v) is 10.0. The first-order valence-electron chi connectivity index (χ1n) is 8.72. The first-order valence-corrected chi connectivity index (χ1v) is 12.2. The molecule has 0 aliphatic carbocycles. The molecule has 3 aromatic carbocycles. The van der Waals surface area contributed by atoms with Crippen molar-refractivity contribution in [1.29, 1.82) is 0 Å². The number of carbonyl (C=O) groups excluding carboxylic acids is 1. The molecule has 156 valence electrons. The number of thioether (sulfide) groups is 1. The van der Waals surface area contributed by atoms with Crippen molar-refractivity contribution in [3.63, 3.8) is 0 Å². The molecule has 0 atom stereocenters. The van der Waals surface area contributed by atoms with Crippen molar-refractivity contribution in [2.75, 3.05) is 22.9 Å². The van der Waals surface area contributed by atoms with Crippen LogP contribution in [-0.4, -0.2) is 27.6 Å². The summed E-state index contributed by atoms with van der Waals surface area (Å²) in [7, 11) is -2.29. The topological polar surface area (TPSA) is 66.5 Å². The molecule has 0 unspecified atom stereocenters. The Balaban J connectivity index is 1.77. The van der Waals surface area contributed by atoms with Crippen LogP contribution in [0.25, 0.3) is 0 Å². The van der Waals surface area contributed by atoms with Crippen molar-refractivity contribution in [2.24, 2.45) is 0 Å². The van der Waals surface area contributed by atoms with E-state index in [-0.39, 0.29) is 16.1 Å². The summed E-state index contributed by atoms with van der Waals surface area (Å²) in [5, 5.41) is 2.50. The fourth-order valence-corrected chi connectivity index (χ4v) is 4.59. The summed E-state index contributed by atoms with van der Waals surface area (Å²) >= 11 is 4.69. The van der Waals surface area contributed by atoms with E-state index >= 15 is 0 Å². The highest BCUT2D eigenvalue weighted by molar-refractivity contribution is 9.10. The highest BCUT2D eigenvalue weighted by Gasteiger charge is 2.21. The normalized spacial score (nSPS) is 11.2. The lowest BCUT2D eigenvalue weighted by atomic mass is 10.2. The Morgan fingerprint density at radius 2 is 1.67 bits per heavy atom. The molecule has 1 N–H and O–H groups in total. The number of halogens is 2. The van der Waals surface area contributed by atoms with E-state index in [1.165, 1.54) is 55.2 Å². The minimum absolute atomic E-state index is 0.0562. The van der Waals surface area contributed by atoms with Crippen molar-refractivity contribution in [3.8, 4) is 0 Å². The average molecular weight is 509 g/mol. The molecule has 0 bridgehead atoms. The number of hydrogen-bond acceptors (Lipinski definition) is 4. The summed E-state index contributed by atoms with van der Waals surface area (Å²) in [5.74, 6) is -1.06. The largest absolute Gasteiger partial charge is 0.319 e. The minimum atomic E-state index is -3.74. The van der Waals surface area contributed by atoms with Crippen LogP contribution in [0.1, 0.15) is 10.4 Å². The third-order valence-electron chi connectivity index (χ3n) is 4.39. The Labute approximate surface area is 187 Å². The van der Waals surface area contributed by atoms with Crippen molar-refractivity contribution in [1.82, 2.24) is 0 Å². The monoisotopic (exact) mass is 508 g/mol. The van der Waals surface area contributed by atoms with Gasteiger partial charge in [0.15, 0.2) is 0 Å². The summed E-state index contributed by atoms with van der Waals surface area (Å²) < 4.78 is 41.3. The second kappa shape index (κ2) is 9.20. The predicted octanol–water partition coefficient (Wildman–Crippen LogP) is 5.39. The number of amides is 1. The van der Waals surface area contributed by atoms with Gasteiger partial charge in [-0.15, -0.1) is 11.8 Å². The molecular weight excluding hydrogens is 491 g/mol. The lowest BCUT2D eigenvalue weighted by molar-refractivity contribution is 0.102. The summed E-state index contributed by atoms with van der Waals surface area (Å²) in [6.07, 6.45) is 1.92. The number of anilines is 2. The quantitative estimate of drug-likeness (QED) is 0.453. The van der Waals surface area contributed by atoms with Crippen LogP contribution < -0.4 is 9.62 Å². The fraction of sp³-hybridized carbons (Fsp3) is 0.0952. The zero-order valence-corrected chi connectivity index (χ0v) is 19.3. The zero-order valence-electron chi connectivity index (χ0n) is 16.1. The molecule has 0 saturated carbocycles. The highest BCUT2D eigenvalue weighted by Crippen LogP contribution is 2.25. The summed E-state index contributed by atoms with van der Waals surface area (Å²) in [4.78, 5) is 13.5. The van der Waals surface area contributed by atoms with Gasteiger partial charge in [-0.2, -0.15) is 0 Å². The van der Waals surface area contributed by atoms with Crippen LogP contribution in [0.3, 0.4) is 0 Å². The van der Waals surface area contributed by atoms with Gasteiger partial charge in [0.05, 0.1) is 16.3 Å². The lowest BCUT2D eigenvalue weighted by Crippen LogP contribution is -2.26. The van der Waals surface area contributed by atoms with Gasteiger partial charge in [-0.3, -0.25) is 9.10 Å². The Bertz CT molecular complexity index is 1170. The zero-order chi connectivity index (χ0) is 21.9. The molecule has 1 amide bonds. The van der Waals surface area contributed by atoms with Crippen LogP contribution in [0, 0.1) is 5.82 Å². The van der Waals surface area contributed by atoms with E-state index in [1.807, 2.05) is 6.26 Å². The molecule has 9 heteroatoms. The summed E-state index contributed by atoms with van der Waals surface area (Å²) in [6, 6.07) is 17.0. The van der Waals surface area contributed by atoms with E-state index in [0.717, 1.165) is 9.20 Å². The van der Waals surface area contributed by atoms with Crippen molar-refractivity contribution in [2.45, 2.75) is 9.79 Å². The van der Waals surface area contributed by atoms with Crippen LogP contribution >= 0.6 is 27.7 Å². The van der Waals surface area contributed by atoms with Crippen LogP contribution in [0.5, 0.6) is 0 Å². The third kappa shape index (κ3) is 4.85. The van der Waals surface area contributed by atoms with Crippen molar-refractivity contribution in [3.05, 3.63) is 82.6 Å². The molecule has 0 aliphatic rings. The van der Waals surface area contributed by atoms with Crippen molar-refractivity contribution < 1.29 is 17.6 Å². The van der Waals surface area contributed by atoms with E-state index in [4.69, 9.17) is 0 Å². The number of sulfonamides is 1. The molecule has 0 saturated heterocycles. The number of nitrogens with zero attached hydrogens (tertiary/aromatic N) is 1. The maximum absolute atomic E-state index is 13.9. The maximum atomic E-state index is 13.9. The number of carbonyl (C=O) groups is 1. The Kier molecular flexibility index (Phi) is 6.84. The van der Waals surface area contributed by atoms with Gasteiger partial charge < -0.3 is 5.32 Å². The van der Waals surface area contributed by atoms with Crippen LogP contribution in [0.4, 0.5) is 15.8 Å². The summed E-state index contributed by atoms with van der Waals surface area (Å²) in [6.45, 7) is 0. The molecule has 3 aromatic rings. The van der Waals surface area contributed by atoms with Gasteiger partial charge in [0.2, 0.25) is 0 Å². The predicted molar refractivity (Wildman–Crippen MR) is 122 cm³/mol. The van der Waals surface area contributed by atoms with Crippen LogP contribution in [0.15, 0.2) is 81.0 Å². The van der Waals surface area contributed by atoms with Gasteiger partial charge >= 0.3 is 0 Å². The van der Waals surface area contributed by atoms with Crippen molar-refractivity contribution >= 4 is 55.0 Å². The maximum Gasteiger partial charge on any atom is 0.264 e. The van der Waals surface area contributed by atoms with Gasteiger partial charge in [0, 0.05) is 22.0 Å². The number of benzene rings is 3. The third-order valence-corrected chi connectivity index (χ3v) is 7.43. The SMILES string of the molecule is CSc1ccc(S(=O)(=O)N(C)c2ccc(C(=O)Nc3ccc(Br)cc3F)cc2)cc1. The smallest absolute Gasteiger partial charge is 0.264 e. The first-order chi connectivity index (χ1) is 14.2. The minimum Gasteiger partial charge on any atom is -0.319 e. The molecule has 0 radical (unpaired) electrons.